The Morgan fingerprint density at radius 1 is 1.60 bits per heavy atom. The first-order chi connectivity index (χ1) is 4.75. The molecule has 2 heteroatoms. The zero-order chi connectivity index (χ0) is 7.61. The van der Waals surface area contributed by atoms with Crippen molar-refractivity contribution in [2.24, 2.45) is 5.41 Å². The molecule has 1 saturated carbocycles. The van der Waals surface area contributed by atoms with Gasteiger partial charge in [0.2, 0.25) is 0 Å². The van der Waals surface area contributed by atoms with Gasteiger partial charge in [-0.15, -0.1) is 0 Å². The van der Waals surface area contributed by atoms with Crippen LogP contribution in [0.25, 0.3) is 0 Å². The van der Waals surface area contributed by atoms with Gasteiger partial charge in [0, 0.05) is 6.04 Å². The highest BCUT2D eigenvalue weighted by molar-refractivity contribution is 5.09. The van der Waals surface area contributed by atoms with Gasteiger partial charge in [-0.2, -0.15) is 5.26 Å². The van der Waals surface area contributed by atoms with Gasteiger partial charge < -0.3 is 5.32 Å². The quantitative estimate of drug-likeness (QED) is 0.624. The van der Waals surface area contributed by atoms with E-state index in [1.54, 1.807) is 0 Å². The zero-order valence-electron chi connectivity index (χ0n) is 6.65. The topological polar surface area (TPSA) is 35.8 Å². The van der Waals surface area contributed by atoms with Crippen LogP contribution in [0.5, 0.6) is 0 Å². The number of nitrogens with zero attached hydrogens (tertiary/aromatic N) is 1. The molecule has 1 aliphatic rings. The molecular weight excluding hydrogens is 124 g/mol. The first-order valence-electron chi connectivity index (χ1n) is 3.84. The Bertz CT molecular complexity index is 153. The van der Waals surface area contributed by atoms with Crippen molar-refractivity contribution in [3.05, 3.63) is 0 Å². The molecule has 1 rings (SSSR count). The Balaban J connectivity index is 2.57. The van der Waals surface area contributed by atoms with Crippen molar-refractivity contribution in [1.82, 2.24) is 5.32 Å². The smallest absolute Gasteiger partial charge is 0.0724 e. The lowest BCUT2D eigenvalue weighted by atomic mass is 9.65. The molecule has 56 valence electrons. The van der Waals surface area contributed by atoms with Crippen molar-refractivity contribution in [3.8, 4) is 6.07 Å². The van der Waals surface area contributed by atoms with E-state index in [2.05, 4.69) is 18.3 Å². The van der Waals surface area contributed by atoms with Gasteiger partial charge in [-0.1, -0.05) is 6.42 Å². The molecule has 1 aliphatic carbocycles. The minimum Gasteiger partial charge on any atom is -0.316 e. The van der Waals surface area contributed by atoms with Gasteiger partial charge in [0.05, 0.1) is 11.5 Å². The normalized spacial score (nSPS) is 24.5. The van der Waals surface area contributed by atoms with Crippen LogP contribution in [0.2, 0.25) is 0 Å². The summed E-state index contributed by atoms with van der Waals surface area (Å²) >= 11 is 0. The van der Waals surface area contributed by atoms with Gasteiger partial charge in [0.1, 0.15) is 0 Å². The molecule has 0 aromatic heterocycles. The van der Waals surface area contributed by atoms with Crippen LogP contribution >= 0.6 is 0 Å². The third kappa shape index (κ3) is 0.911. The van der Waals surface area contributed by atoms with Gasteiger partial charge in [-0.25, -0.2) is 0 Å². The van der Waals surface area contributed by atoms with Crippen molar-refractivity contribution < 1.29 is 0 Å². The van der Waals surface area contributed by atoms with Crippen LogP contribution in [0.4, 0.5) is 0 Å². The molecule has 0 amide bonds. The van der Waals surface area contributed by atoms with Gasteiger partial charge in [-0.3, -0.25) is 0 Å². The molecule has 2 nitrogen and oxygen atoms in total. The highest BCUT2D eigenvalue weighted by Crippen LogP contribution is 2.42. The van der Waals surface area contributed by atoms with Crippen LogP contribution in [0.3, 0.4) is 0 Å². The lowest BCUT2D eigenvalue weighted by Crippen LogP contribution is -2.45. The van der Waals surface area contributed by atoms with Crippen molar-refractivity contribution in [2.75, 3.05) is 7.05 Å². The predicted molar refractivity (Wildman–Crippen MR) is 40.4 cm³/mol. The Labute approximate surface area is 62.2 Å². The SMILES string of the molecule is CNC(C)C1(C#N)CCC1. The highest BCUT2D eigenvalue weighted by atomic mass is 14.9. The Kier molecular flexibility index (Phi) is 1.96. The predicted octanol–water partition coefficient (Wildman–Crippen LogP) is 1.29. The van der Waals surface area contributed by atoms with E-state index in [1.165, 1.54) is 6.42 Å². The molecule has 0 bridgehead atoms. The fourth-order valence-electron chi connectivity index (χ4n) is 1.48. The van der Waals surface area contributed by atoms with Crippen molar-refractivity contribution in [1.29, 1.82) is 5.26 Å². The van der Waals surface area contributed by atoms with Gasteiger partial charge >= 0.3 is 0 Å². The molecule has 0 heterocycles. The van der Waals surface area contributed by atoms with E-state index >= 15 is 0 Å². The number of hydrogen-bond donors (Lipinski definition) is 1. The molecule has 0 saturated heterocycles. The molecule has 0 aromatic carbocycles. The second-order valence-electron chi connectivity index (χ2n) is 3.13. The minimum atomic E-state index is -0.0330. The van der Waals surface area contributed by atoms with E-state index in [0.29, 0.717) is 6.04 Å². The molecule has 1 fully saturated rings. The molecule has 1 N–H and O–H groups in total. The average Bonchev–Trinajstić information content (AvgIpc) is 1.86. The number of nitrogens with one attached hydrogen (secondary N) is 1. The van der Waals surface area contributed by atoms with Crippen molar-refractivity contribution in [2.45, 2.75) is 32.2 Å². The third-order valence-electron chi connectivity index (χ3n) is 2.73. The fraction of sp³-hybridized carbons (Fsp3) is 0.875. The van der Waals surface area contributed by atoms with Crippen LogP contribution in [0, 0.1) is 16.7 Å². The largest absolute Gasteiger partial charge is 0.316 e. The third-order valence-corrected chi connectivity index (χ3v) is 2.73. The molecular formula is C8H14N2. The maximum Gasteiger partial charge on any atom is 0.0724 e. The number of nitriles is 1. The first kappa shape index (κ1) is 7.56. The summed E-state index contributed by atoms with van der Waals surface area (Å²) in [6.45, 7) is 2.09. The average molecular weight is 138 g/mol. The van der Waals surface area contributed by atoms with Crippen LogP contribution in [0.15, 0.2) is 0 Å². The second kappa shape index (κ2) is 2.59. The summed E-state index contributed by atoms with van der Waals surface area (Å²) in [4.78, 5) is 0. The summed E-state index contributed by atoms with van der Waals surface area (Å²) in [5, 5.41) is 12.0. The van der Waals surface area contributed by atoms with Crippen molar-refractivity contribution >= 4 is 0 Å². The Morgan fingerprint density at radius 3 is 2.30 bits per heavy atom. The van der Waals surface area contributed by atoms with E-state index < -0.39 is 0 Å². The molecule has 0 aliphatic heterocycles. The van der Waals surface area contributed by atoms with Crippen molar-refractivity contribution in [3.63, 3.8) is 0 Å². The first-order valence-corrected chi connectivity index (χ1v) is 3.84. The summed E-state index contributed by atoms with van der Waals surface area (Å²) in [6.07, 6.45) is 3.37. The zero-order valence-corrected chi connectivity index (χ0v) is 6.65. The van der Waals surface area contributed by atoms with Crippen LogP contribution in [-0.2, 0) is 0 Å². The standard InChI is InChI=1S/C8H14N2/c1-7(10-2)8(6-9)4-3-5-8/h7,10H,3-5H2,1-2H3. The molecule has 0 spiro atoms. The highest BCUT2D eigenvalue weighted by Gasteiger charge is 2.41. The number of hydrogen-bond acceptors (Lipinski definition) is 2. The van der Waals surface area contributed by atoms with Gasteiger partial charge in [-0.05, 0) is 26.8 Å². The number of rotatable bonds is 2. The van der Waals surface area contributed by atoms with E-state index in [9.17, 15) is 0 Å². The molecule has 1 atom stereocenters. The molecule has 0 aromatic rings. The van der Waals surface area contributed by atoms with E-state index in [-0.39, 0.29) is 5.41 Å². The summed E-state index contributed by atoms with van der Waals surface area (Å²) in [5.41, 5.74) is -0.0330. The van der Waals surface area contributed by atoms with Gasteiger partial charge in [0.25, 0.3) is 0 Å². The van der Waals surface area contributed by atoms with E-state index in [0.717, 1.165) is 12.8 Å². The summed E-state index contributed by atoms with van der Waals surface area (Å²) < 4.78 is 0. The summed E-state index contributed by atoms with van der Waals surface area (Å²) in [7, 11) is 1.92. The van der Waals surface area contributed by atoms with E-state index in [4.69, 9.17) is 5.26 Å². The van der Waals surface area contributed by atoms with E-state index in [1.807, 2.05) is 7.05 Å². The fourth-order valence-corrected chi connectivity index (χ4v) is 1.48. The maximum absolute atomic E-state index is 8.85. The molecule has 0 radical (unpaired) electrons. The monoisotopic (exact) mass is 138 g/mol. The lowest BCUT2D eigenvalue weighted by molar-refractivity contribution is 0.159. The minimum absolute atomic E-state index is 0.0330. The van der Waals surface area contributed by atoms with Gasteiger partial charge in [0.15, 0.2) is 0 Å². The molecule has 10 heavy (non-hydrogen) atoms. The summed E-state index contributed by atoms with van der Waals surface area (Å²) in [6, 6.07) is 2.76. The molecule has 1 unspecified atom stereocenters. The van der Waals surface area contributed by atoms with Crippen LogP contribution in [0.1, 0.15) is 26.2 Å². The lowest BCUT2D eigenvalue weighted by Gasteiger charge is -2.40. The second-order valence-corrected chi connectivity index (χ2v) is 3.13. The van der Waals surface area contributed by atoms with Crippen LogP contribution < -0.4 is 5.32 Å². The maximum atomic E-state index is 8.85. The Hall–Kier alpha value is -0.550. The van der Waals surface area contributed by atoms with Crippen LogP contribution in [-0.4, -0.2) is 13.1 Å². The Morgan fingerprint density at radius 2 is 2.20 bits per heavy atom. The summed E-state index contributed by atoms with van der Waals surface area (Å²) in [5.74, 6) is 0.